The van der Waals surface area contributed by atoms with Gasteiger partial charge in [-0.2, -0.15) is 0 Å². The van der Waals surface area contributed by atoms with Crippen molar-refractivity contribution in [3.05, 3.63) is 59.7 Å². The van der Waals surface area contributed by atoms with E-state index in [1.165, 1.54) is 23.8 Å². The molecular weight excluding hydrogens is 228 g/mol. The number of hydrogen-bond acceptors (Lipinski definition) is 3. The first-order valence-corrected chi connectivity index (χ1v) is 5.41. The highest BCUT2D eigenvalue weighted by Gasteiger charge is 2.09. The molecule has 0 aliphatic rings. The third-order valence-corrected chi connectivity index (χ3v) is 2.26. The Morgan fingerprint density at radius 1 is 1.06 bits per heavy atom. The van der Waals surface area contributed by atoms with Gasteiger partial charge in [0.25, 0.3) is 5.91 Å². The Bertz CT molecular complexity index is 504. The molecule has 0 saturated carbocycles. The molecule has 1 amide bonds. The first-order chi connectivity index (χ1) is 8.52. The molecule has 94 valence electrons. The average molecular weight is 244 g/mol. The molecule has 2 rings (SSSR count). The van der Waals surface area contributed by atoms with Gasteiger partial charge >= 0.3 is 0 Å². The second kappa shape index (κ2) is 6.30. The zero-order valence-corrected chi connectivity index (χ0v) is 10.1. The number of rotatable bonds is 1. The summed E-state index contributed by atoms with van der Waals surface area (Å²) in [5, 5.41) is 9.08. The summed E-state index contributed by atoms with van der Waals surface area (Å²) in [6, 6.07) is 14.7. The quantitative estimate of drug-likeness (QED) is 0.671. The van der Waals surface area contributed by atoms with Gasteiger partial charge in [0.2, 0.25) is 0 Å². The molecule has 2 aromatic rings. The Morgan fingerprint density at radius 2 is 1.67 bits per heavy atom. The molecule has 0 saturated heterocycles. The fourth-order valence-corrected chi connectivity index (χ4v) is 1.36. The molecular formula is C14H16N2O2. The van der Waals surface area contributed by atoms with Crippen LogP contribution < -0.4 is 11.5 Å². The number of hydrogen-bond donors (Lipinski definition) is 3. The van der Waals surface area contributed by atoms with Gasteiger partial charge in [0.05, 0.1) is 0 Å². The Kier molecular flexibility index (Phi) is 4.75. The SMILES string of the molecule is Cc1ccccc1.NC(=O)c1c(N)cccc1O. The van der Waals surface area contributed by atoms with Gasteiger partial charge in [0.1, 0.15) is 11.3 Å². The number of aromatic hydroxyl groups is 1. The molecule has 0 heterocycles. The van der Waals surface area contributed by atoms with Gasteiger partial charge in [-0.15, -0.1) is 0 Å². The zero-order chi connectivity index (χ0) is 13.5. The first kappa shape index (κ1) is 13.6. The number of nitrogens with two attached hydrogens (primary N) is 2. The van der Waals surface area contributed by atoms with Crippen LogP contribution in [0, 0.1) is 6.92 Å². The van der Waals surface area contributed by atoms with E-state index in [2.05, 4.69) is 19.1 Å². The largest absolute Gasteiger partial charge is 0.507 e. The molecule has 4 nitrogen and oxygen atoms in total. The van der Waals surface area contributed by atoms with Gasteiger partial charge in [-0.25, -0.2) is 0 Å². The van der Waals surface area contributed by atoms with Gasteiger partial charge in [-0.05, 0) is 19.1 Å². The third kappa shape index (κ3) is 3.83. The van der Waals surface area contributed by atoms with Gasteiger partial charge in [-0.1, -0.05) is 42.0 Å². The number of primary amides is 1. The van der Waals surface area contributed by atoms with Crippen LogP contribution >= 0.6 is 0 Å². The van der Waals surface area contributed by atoms with Crippen molar-refractivity contribution in [2.75, 3.05) is 5.73 Å². The summed E-state index contributed by atoms with van der Waals surface area (Å²) in [5.74, 6) is -0.905. The minimum Gasteiger partial charge on any atom is -0.507 e. The highest BCUT2D eigenvalue weighted by Crippen LogP contribution is 2.21. The Hall–Kier alpha value is -2.49. The molecule has 0 aliphatic carbocycles. The Morgan fingerprint density at radius 3 is 2.00 bits per heavy atom. The number of carbonyl (C=O) groups excluding carboxylic acids is 1. The topological polar surface area (TPSA) is 89.3 Å². The Balaban J connectivity index is 0.000000199. The summed E-state index contributed by atoms with van der Waals surface area (Å²) in [7, 11) is 0. The van der Waals surface area contributed by atoms with Crippen LogP contribution in [0.1, 0.15) is 15.9 Å². The van der Waals surface area contributed by atoms with Crippen molar-refractivity contribution < 1.29 is 9.90 Å². The van der Waals surface area contributed by atoms with E-state index in [1.54, 1.807) is 0 Å². The fraction of sp³-hybridized carbons (Fsp3) is 0.0714. The minimum atomic E-state index is -0.722. The third-order valence-electron chi connectivity index (χ3n) is 2.26. The van der Waals surface area contributed by atoms with Gasteiger partial charge in [0, 0.05) is 5.69 Å². The van der Waals surface area contributed by atoms with Crippen LogP contribution in [0.25, 0.3) is 0 Å². The summed E-state index contributed by atoms with van der Waals surface area (Å²) in [5.41, 5.74) is 11.8. The highest BCUT2D eigenvalue weighted by molar-refractivity contribution is 6.00. The first-order valence-electron chi connectivity index (χ1n) is 5.41. The summed E-state index contributed by atoms with van der Waals surface area (Å²) in [6.07, 6.45) is 0. The van der Waals surface area contributed by atoms with E-state index < -0.39 is 5.91 Å². The minimum absolute atomic E-state index is 0.0208. The van der Waals surface area contributed by atoms with Crippen LogP contribution in [-0.2, 0) is 0 Å². The molecule has 0 spiro atoms. The van der Waals surface area contributed by atoms with Crippen molar-refractivity contribution in [2.24, 2.45) is 5.73 Å². The predicted octanol–water partition coefficient (Wildman–Crippen LogP) is 2.07. The Labute approximate surface area is 106 Å². The van der Waals surface area contributed by atoms with E-state index in [0.29, 0.717) is 0 Å². The van der Waals surface area contributed by atoms with Crippen molar-refractivity contribution in [3.8, 4) is 5.75 Å². The second-order valence-electron chi connectivity index (χ2n) is 3.76. The van der Waals surface area contributed by atoms with Crippen LogP contribution in [0.5, 0.6) is 5.75 Å². The number of anilines is 1. The average Bonchev–Trinajstić information content (AvgIpc) is 2.30. The molecule has 0 radical (unpaired) electrons. The molecule has 0 aromatic heterocycles. The van der Waals surface area contributed by atoms with Crippen molar-refractivity contribution in [3.63, 3.8) is 0 Å². The monoisotopic (exact) mass is 244 g/mol. The van der Waals surface area contributed by atoms with Crippen molar-refractivity contribution in [2.45, 2.75) is 6.92 Å². The maximum absolute atomic E-state index is 10.6. The van der Waals surface area contributed by atoms with E-state index in [-0.39, 0.29) is 17.0 Å². The van der Waals surface area contributed by atoms with Crippen molar-refractivity contribution in [1.29, 1.82) is 0 Å². The van der Waals surface area contributed by atoms with E-state index in [1.807, 2.05) is 18.2 Å². The molecule has 18 heavy (non-hydrogen) atoms. The molecule has 0 unspecified atom stereocenters. The standard InChI is InChI=1S/C7H8N2O2.C7H8/c8-4-2-1-3-5(10)6(4)7(9)11;1-7-5-3-2-4-6-7/h1-3,10H,8H2,(H2,9,11);2-6H,1H3. The van der Waals surface area contributed by atoms with E-state index in [0.717, 1.165) is 0 Å². The lowest BCUT2D eigenvalue weighted by Gasteiger charge is -2.02. The lowest BCUT2D eigenvalue weighted by atomic mass is 10.1. The molecule has 4 heteroatoms. The summed E-state index contributed by atoms with van der Waals surface area (Å²) in [4.78, 5) is 10.6. The number of nitrogen functional groups attached to an aromatic ring is 1. The van der Waals surface area contributed by atoms with Crippen LogP contribution in [0.4, 0.5) is 5.69 Å². The molecule has 2 aromatic carbocycles. The normalized spacial score (nSPS) is 9.17. The maximum Gasteiger partial charge on any atom is 0.254 e. The number of amides is 1. The van der Waals surface area contributed by atoms with E-state index >= 15 is 0 Å². The number of carbonyl (C=O) groups is 1. The lowest BCUT2D eigenvalue weighted by molar-refractivity contribution is 0.0998. The summed E-state index contributed by atoms with van der Waals surface area (Å²) >= 11 is 0. The van der Waals surface area contributed by atoms with Gasteiger partial charge < -0.3 is 16.6 Å². The number of benzene rings is 2. The van der Waals surface area contributed by atoms with Crippen molar-refractivity contribution in [1.82, 2.24) is 0 Å². The molecule has 0 atom stereocenters. The molecule has 0 aliphatic heterocycles. The highest BCUT2D eigenvalue weighted by atomic mass is 16.3. The zero-order valence-electron chi connectivity index (χ0n) is 10.1. The van der Waals surface area contributed by atoms with Gasteiger partial charge in [-0.3, -0.25) is 4.79 Å². The van der Waals surface area contributed by atoms with Crippen LogP contribution in [0.3, 0.4) is 0 Å². The molecule has 0 fully saturated rings. The second-order valence-corrected chi connectivity index (χ2v) is 3.76. The van der Waals surface area contributed by atoms with Crippen LogP contribution in [-0.4, -0.2) is 11.0 Å². The predicted molar refractivity (Wildman–Crippen MR) is 72.2 cm³/mol. The smallest absolute Gasteiger partial charge is 0.254 e. The van der Waals surface area contributed by atoms with Crippen LogP contribution in [0.15, 0.2) is 48.5 Å². The fourth-order valence-electron chi connectivity index (χ4n) is 1.36. The summed E-state index contributed by atoms with van der Waals surface area (Å²) < 4.78 is 0. The summed E-state index contributed by atoms with van der Waals surface area (Å²) in [6.45, 7) is 2.08. The molecule has 0 bridgehead atoms. The maximum atomic E-state index is 10.6. The van der Waals surface area contributed by atoms with Crippen molar-refractivity contribution >= 4 is 11.6 Å². The van der Waals surface area contributed by atoms with Crippen LogP contribution in [0.2, 0.25) is 0 Å². The molecule has 5 N–H and O–H groups in total. The van der Waals surface area contributed by atoms with E-state index in [9.17, 15) is 4.79 Å². The number of phenols is 1. The number of aryl methyl sites for hydroxylation is 1. The van der Waals surface area contributed by atoms with Gasteiger partial charge in [0.15, 0.2) is 0 Å². The lowest BCUT2D eigenvalue weighted by Crippen LogP contribution is -2.13. The van der Waals surface area contributed by atoms with E-state index in [4.69, 9.17) is 16.6 Å².